The highest BCUT2D eigenvalue weighted by molar-refractivity contribution is 7.10. The first kappa shape index (κ1) is 16.7. The molecule has 0 aliphatic rings. The first-order valence-corrected chi connectivity index (χ1v) is 7.64. The maximum absolute atomic E-state index is 11.9. The molecule has 1 amide bonds. The highest BCUT2D eigenvalue weighted by atomic mass is 32.1. The SMILES string of the molecule is CC(CC(=O)NCc1cc(C#CCO)cs1)C(C)(C)C. The maximum atomic E-state index is 11.9. The molecule has 0 fully saturated rings. The molecule has 0 saturated carbocycles. The van der Waals surface area contributed by atoms with E-state index < -0.39 is 0 Å². The number of rotatable bonds is 4. The number of amides is 1. The summed E-state index contributed by atoms with van der Waals surface area (Å²) in [5.41, 5.74) is 1.03. The van der Waals surface area contributed by atoms with Gasteiger partial charge in [0.1, 0.15) is 6.61 Å². The van der Waals surface area contributed by atoms with E-state index in [9.17, 15) is 4.79 Å². The predicted octanol–water partition coefficient (Wildman–Crippen LogP) is 2.78. The van der Waals surface area contributed by atoms with Gasteiger partial charge >= 0.3 is 0 Å². The Balaban J connectivity index is 2.43. The van der Waals surface area contributed by atoms with Gasteiger partial charge in [-0.3, -0.25) is 4.79 Å². The smallest absolute Gasteiger partial charge is 0.220 e. The van der Waals surface area contributed by atoms with E-state index >= 15 is 0 Å². The predicted molar refractivity (Wildman–Crippen MR) is 83.4 cm³/mol. The second-order valence-electron chi connectivity index (χ2n) is 6.01. The summed E-state index contributed by atoms with van der Waals surface area (Å²) >= 11 is 1.57. The summed E-state index contributed by atoms with van der Waals surface area (Å²) < 4.78 is 0. The van der Waals surface area contributed by atoms with E-state index in [0.29, 0.717) is 18.9 Å². The van der Waals surface area contributed by atoms with Gasteiger partial charge < -0.3 is 10.4 Å². The molecular weight excluding hydrogens is 270 g/mol. The molecule has 0 aliphatic heterocycles. The van der Waals surface area contributed by atoms with Crippen LogP contribution >= 0.6 is 11.3 Å². The Hall–Kier alpha value is -1.31. The van der Waals surface area contributed by atoms with E-state index in [0.717, 1.165) is 10.4 Å². The van der Waals surface area contributed by atoms with E-state index in [1.54, 1.807) is 11.3 Å². The third-order valence-corrected chi connectivity index (χ3v) is 4.33. The number of carbonyl (C=O) groups is 1. The Kier molecular flexibility index (Phi) is 6.25. The lowest BCUT2D eigenvalue weighted by molar-refractivity contribution is -0.122. The topological polar surface area (TPSA) is 49.3 Å². The molecule has 1 unspecified atom stereocenters. The third-order valence-electron chi connectivity index (χ3n) is 3.40. The number of hydrogen-bond acceptors (Lipinski definition) is 3. The van der Waals surface area contributed by atoms with Gasteiger partial charge in [-0.2, -0.15) is 0 Å². The van der Waals surface area contributed by atoms with Gasteiger partial charge in [0, 0.05) is 22.2 Å². The molecule has 110 valence electrons. The van der Waals surface area contributed by atoms with Crippen molar-refractivity contribution in [2.45, 2.75) is 40.7 Å². The summed E-state index contributed by atoms with van der Waals surface area (Å²) in [5, 5.41) is 13.5. The van der Waals surface area contributed by atoms with Crippen LogP contribution in [0, 0.1) is 23.2 Å². The van der Waals surface area contributed by atoms with Gasteiger partial charge in [0.15, 0.2) is 0 Å². The summed E-state index contributed by atoms with van der Waals surface area (Å²) in [5.74, 6) is 5.89. The number of nitrogens with one attached hydrogen (secondary N) is 1. The van der Waals surface area contributed by atoms with Crippen molar-refractivity contribution in [3.05, 3.63) is 21.9 Å². The van der Waals surface area contributed by atoms with E-state index in [1.165, 1.54) is 0 Å². The summed E-state index contributed by atoms with van der Waals surface area (Å²) in [4.78, 5) is 13.0. The Morgan fingerprint density at radius 1 is 1.50 bits per heavy atom. The van der Waals surface area contributed by atoms with Crippen molar-refractivity contribution in [3.8, 4) is 11.8 Å². The number of aliphatic hydroxyl groups excluding tert-OH is 1. The van der Waals surface area contributed by atoms with Crippen molar-refractivity contribution in [2.75, 3.05) is 6.61 Å². The van der Waals surface area contributed by atoms with Crippen LogP contribution < -0.4 is 5.32 Å². The van der Waals surface area contributed by atoms with Crippen LogP contribution in [-0.2, 0) is 11.3 Å². The van der Waals surface area contributed by atoms with Crippen molar-refractivity contribution in [3.63, 3.8) is 0 Å². The molecule has 0 bridgehead atoms. The molecule has 2 N–H and O–H groups in total. The lowest BCUT2D eigenvalue weighted by atomic mass is 9.80. The molecule has 1 aromatic heterocycles. The van der Waals surface area contributed by atoms with Crippen LogP contribution in [0.5, 0.6) is 0 Å². The molecule has 1 aromatic rings. The van der Waals surface area contributed by atoms with Gasteiger partial charge in [-0.25, -0.2) is 0 Å². The number of thiophene rings is 1. The first-order valence-electron chi connectivity index (χ1n) is 6.76. The fraction of sp³-hybridized carbons (Fsp3) is 0.562. The largest absolute Gasteiger partial charge is 0.384 e. The van der Waals surface area contributed by atoms with Crippen LogP contribution in [0.15, 0.2) is 11.4 Å². The molecule has 4 heteroatoms. The second kappa shape index (κ2) is 7.47. The standard InChI is InChI=1S/C16H23NO2S/c1-12(16(2,3)4)8-15(19)17-10-14-9-13(11-20-14)6-5-7-18/h9,11-12,18H,7-8,10H2,1-4H3,(H,17,19). The normalized spacial score (nSPS) is 12.4. The van der Waals surface area contributed by atoms with Crippen LogP contribution in [-0.4, -0.2) is 17.6 Å². The van der Waals surface area contributed by atoms with Crippen molar-refractivity contribution < 1.29 is 9.90 Å². The molecule has 20 heavy (non-hydrogen) atoms. The third kappa shape index (κ3) is 5.77. The van der Waals surface area contributed by atoms with Crippen molar-refractivity contribution in [1.82, 2.24) is 5.32 Å². The maximum Gasteiger partial charge on any atom is 0.220 e. The number of carbonyl (C=O) groups excluding carboxylic acids is 1. The zero-order valence-corrected chi connectivity index (χ0v) is 13.4. The van der Waals surface area contributed by atoms with Crippen LogP contribution in [0.2, 0.25) is 0 Å². The number of hydrogen-bond donors (Lipinski definition) is 2. The fourth-order valence-electron chi connectivity index (χ4n) is 1.52. The Morgan fingerprint density at radius 2 is 2.20 bits per heavy atom. The Labute approximate surface area is 125 Å². The van der Waals surface area contributed by atoms with Crippen LogP contribution in [0.25, 0.3) is 0 Å². The quantitative estimate of drug-likeness (QED) is 0.839. The average Bonchev–Trinajstić information content (AvgIpc) is 2.80. The van der Waals surface area contributed by atoms with Gasteiger partial charge in [0.2, 0.25) is 5.91 Å². The molecule has 3 nitrogen and oxygen atoms in total. The lowest BCUT2D eigenvalue weighted by Gasteiger charge is -2.26. The minimum Gasteiger partial charge on any atom is -0.384 e. The molecule has 0 radical (unpaired) electrons. The molecule has 0 aromatic carbocycles. The second-order valence-corrected chi connectivity index (χ2v) is 7.01. The summed E-state index contributed by atoms with van der Waals surface area (Å²) in [6.07, 6.45) is 0.548. The van der Waals surface area contributed by atoms with Crippen LogP contribution in [0.1, 0.15) is 44.6 Å². The van der Waals surface area contributed by atoms with E-state index in [4.69, 9.17) is 5.11 Å². The molecule has 0 aliphatic carbocycles. The van der Waals surface area contributed by atoms with Gasteiger partial charge in [0.25, 0.3) is 0 Å². The summed E-state index contributed by atoms with van der Waals surface area (Å²) in [7, 11) is 0. The molecule has 1 rings (SSSR count). The molecular formula is C16H23NO2S. The fourth-order valence-corrected chi connectivity index (χ4v) is 2.28. The minimum absolute atomic E-state index is 0.0869. The molecule has 1 atom stereocenters. The van der Waals surface area contributed by atoms with E-state index in [1.807, 2.05) is 11.4 Å². The van der Waals surface area contributed by atoms with Crippen LogP contribution in [0.4, 0.5) is 0 Å². The molecule has 0 spiro atoms. The first-order chi connectivity index (χ1) is 9.32. The van der Waals surface area contributed by atoms with E-state index in [2.05, 4.69) is 44.9 Å². The van der Waals surface area contributed by atoms with Gasteiger partial charge in [0.05, 0.1) is 6.54 Å². The average molecular weight is 293 g/mol. The summed E-state index contributed by atoms with van der Waals surface area (Å²) in [6, 6.07) is 1.95. The van der Waals surface area contributed by atoms with Crippen molar-refractivity contribution in [1.29, 1.82) is 0 Å². The molecule has 0 saturated heterocycles. The lowest BCUT2D eigenvalue weighted by Crippen LogP contribution is -2.28. The van der Waals surface area contributed by atoms with E-state index in [-0.39, 0.29) is 17.9 Å². The zero-order chi connectivity index (χ0) is 15.2. The Morgan fingerprint density at radius 3 is 2.80 bits per heavy atom. The van der Waals surface area contributed by atoms with Gasteiger partial charge in [-0.1, -0.05) is 39.5 Å². The summed E-state index contributed by atoms with van der Waals surface area (Å²) in [6.45, 7) is 8.96. The zero-order valence-electron chi connectivity index (χ0n) is 12.6. The van der Waals surface area contributed by atoms with Crippen molar-refractivity contribution in [2.24, 2.45) is 11.3 Å². The monoisotopic (exact) mass is 293 g/mol. The van der Waals surface area contributed by atoms with Gasteiger partial charge in [-0.15, -0.1) is 11.3 Å². The van der Waals surface area contributed by atoms with Gasteiger partial charge in [-0.05, 0) is 17.4 Å². The highest BCUT2D eigenvalue weighted by Gasteiger charge is 2.22. The van der Waals surface area contributed by atoms with Crippen LogP contribution in [0.3, 0.4) is 0 Å². The molecule has 1 heterocycles. The minimum atomic E-state index is -0.132. The highest BCUT2D eigenvalue weighted by Crippen LogP contribution is 2.27. The number of aliphatic hydroxyl groups is 1. The van der Waals surface area contributed by atoms with Crippen molar-refractivity contribution >= 4 is 17.2 Å². The Bertz CT molecular complexity index is 503.